The molecule has 8 nitrogen and oxygen atoms in total. The standard InChI is InChI=1S/C16H18N6O2S/c23-14(11-25-16-17-2-1-3-18-16)22-9-12-8-19-15(20-13(12)10-22)21-4-6-24-7-5-21/h1-3,8H,4-7,9-11H2. The monoisotopic (exact) mass is 358 g/mol. The first-order chi connectivity index (χ1) is 12.3. The topological polar surface area (TPSA) is 84.3 Å². The Morgan fingerprint density at radius 3 is 2.76 bits per heavy atom. The molecule has 0 aliphatic carbocycles. The summed E-state index contributed by atoms with van der Waals surface area (Å²) in [4.78, 5) is 33.7. The summed E-state index contributed by atoms with van der Waals surface area (Å²) in [6, 6.07) is 1.76. The van der Waals surface area contributed by atoms with E-state index in [4.69, 9.17) is 4.74 Å². The van der Waals surface area contributed by atoms with Crippen LogP contribution in [0.1, 0.15) is 11.3 Å². The van der Waals surface area contributed by atoms with Crippen molar-refractivity contribution in [3.63, 3.8) is 0 Å². The number of hydrogen-bond acceptors (Lipinski definition) is 8. The Morgan fingerprint density at radius 1 is 1.16 bits per heavy atom. The predicted octanol–water partition coefficient (Wildman–Crippen LogP) is 0.738. The molecule has 1 fully saturated rings. The normalized spacial score (nSPS) is 16.8. The minimum Gasteiger partial charge on any atom is -0.378 e. The number of amides is 1. The van der Waals surface area contributed by atoms with Crippen LogP contribution in [0, 0.1) is 0 Å². The van der Waals surface area contributed by atoms with E-state index in [0.29, 0.717) is 37.2 Å². The minimum atomic E-state index is 0.0587. The first-order valence-corrected chi connectivity index (χ1v) is 9.13. The van der Waals surface area contributed by atoms with Crippen molar-refractivity contribution in [2.24, 2.45) is 0 Å². The van der Waals surface area contributed by atoms with Crippen LogP contribution in [-0.2, 0) is 22.6 Å². The molecule has 0 saturated carbocycles. The Morgan fingerprint density at radius 2 is 1.96 bits per heavy atom. The number of carbonyl (C=O) groups excluding carboxylic acids is 1. The first kappa shape index (κ1) is 16.2. The van der Waals surface area contributed by atoms with Crippen LogP contribution in [-0.4, -0.2) is 62.8 Å². The number of nitrogens with zero attached hydrogens (tertiary/aromatic N) is 6. The maximum Gasteiger partial charge on any atom is 0.233 e. The Kier molecular flexibility index (Phi) is 4.75. The predicted molar refractivity (Wildman–Crippen MR) is 92.1 cm³/mol. The lowest BCUT2D eigenvalue weighted by Crippen LogP contribution is -2.37. The molecule has 130 valence electrons. The molecular formula is C16H18N6O2S. The molecule has 2 aliphatic rings. The molecular weight excluding hydrogens is 340 g/mol. The summed E-state index contributed by atoms with van der Waals surface area (Å²) >= 11 is 1.35. The Bertz CT molecular complexity index is 754. The van der Waals surface area contributed by atoms with E-state index >= 15 is 0 Å². The van der Waals surface area contributed by atoms with E-state index in [2.05, 4.69) is 24.8 Å². The van der Waals surface area contributed by atoms with E-state index in [1.165, 1.54) is 11.8 Å². The molecule has 2 aromatic rings. The largest absolute Gasteiger partial charge is 0.378 e. The van der Waals surface area contributed by atoms with Crippen molar-refractivity contribution in [1.29, 1.82) is 0 Å². The zero-order chi connectivity index (χ0) is 17.1. The summed E-state index contributed by atoms with van der Waals surface area (Å²) in [7, 11) is 0. The van der Waals surface area contributed by atoms with Gasteiger partial charge in [-0.3, -0.25) is 4.79 Å². The van der Waals surface area contributed by atoms with E-state index in [9.17, 15) is 4.79 Å². The molecule has 2 aliphatic heterocycles. The SMILES string of the molecule is O=C(CSc1ncccn1)N1Cc2cnc(N3CCOCC3)nc2C1. The van der Waals surface area contributed by atoms with Crippen LogP contribution in [0.5, 0.6) is 0 Å². The molecule has 2 aromatic heterocycles. The fourth-order valence-corrected chi connectivity index (χ4v) is 3.52. The van der Waals surface area contributed by atoms with Crippen LogP contribution in [0.2, 0.25) is 0 Å². The summed E-state index contributed by atoms with van der Waals surface area (Å²) < 4.78 is 5.36. The van der Waals surface area contributed by atoms with Crippen molar-refractivity contribution < 1.29 is 9.53 Å². The smallest absolute Gasteiger partial charge is 0.233 e. The molecule has 0 N–H and O–H groups in total. The highest BCUT2D eigenvalue weighted by Gasteiger charge is 2.26. The van der Waals surface area contributed by atoms with Gasteiger partial charge in [-0.2, -0.15) is 0 Å². The third-order valence-electron chi connectivity index (χ3n) is 4.16. The molecule has 9 heteroatoms. The van der Waals surface area contributed by atoms with Crippen molar-refractivity contribution in [3.8, 4) is 0 Å². The number of rotatable bonds is 4. The van der Waals surface area contributed by atoms with Crippen LogP contribution >= 0.6 is 11.8 Å². The fraction of sp³-hybridized carbons (Fsp3) is 0.438. The van der Waals surface area contributed by atoms with Gasteiger partial charge in [-0.05, 0) is 6.07 Å². The quantitative estimate of drug-likeness (QED) is 0.584. The molecule has 0 radical (unpaired) electrons. The van der Waals surface area contributed by atoms with E-state index in [1.54, 1.807) is 23.4 Å². The molecule has 0 bridgehead atoms. The van der Waals surface area contributed by atoms with Gasteiger partial charge in [0, 0.05) is 43.8 Å². The number of anilines is 1. The molecule has 25 heavy (non-hydrogen) atoms. The zero-order valence-corrected chi connectivity index (χ0v) is 14.5. The third-order valence-corrected chi connectivity index (χ3v) is 5.02. The summed E-state index contributed by atoms with van der Waals surface area (Å²) in [5, 5.41) is 0.613. The molecule has 0 spiro atoms. The lowest BCUT2D eigenvalue weighted by Gasteiger charge is -2.26. The third kappa shape index (κ3) is 3.72. The van der Waals surface area contributed by atoms with Crippen molar-refractivity contribution in [2.75, 3.05) is 37.0 Å². The summed E-state index contributed by atoms with van der Waals surface area (Å²) in [6.07, 6.45) is 5.19. The summed E-state index contributed by atoms with van der Waals surface area (Å²) in [6.45, 7) is 4.09. The van der Waals surface area contributed by atoms with Gasteiger partial charge in [-0.1, -0.05) is 11.8 Å². The Labute approximate surface area is 149 Å². The molecule has 4 rings (SSSR count). The summed E-state index contributed by atoms with van der Waals surface area (Å²) in [5.74, 6) is 1.11. The van der Waals surface area contributed by atoms with Crippen molar-refractivity contribution in [3.05, 3.63) is 35.9 Å². The first-order valence-electron chi connectivity index (χ1n) is 8.15. The van der Waals surface area contributed by atoms with E-state index < -0.39 is 0 Å². The zero-order valence-electron chi connectivity index (χ0n) is 13.7. The number of aromatic nitrogens is 4. The molecule has 1 saturated heterocycles. The van der Waals surface area contributed by atoms with Crippen molar-refractivity contribution in [1.82, 2.24) is 24.8 Å². The van der Waals surface area contributed by atoms with Crippen LogP contribution in [0.3, 0.4) is 0 Å². The van der Waals surface area contributed by atoms with Gasteiger partial charge in [-0.15, -0.1) is 0 Å². The highest BCUT2D eigenvalue weighted by atomic mass is 32.2. The highest BCUT2D eigenvalue weighted by molar-refractivity contribution is 7.99. The maximum absolute atomic E-state index is 12.4. The lowest BCUT2D eigenvalue weighted by molar-refractivity contribution is -0.128. The second-order valence-electron chi connectivity index (χ2n) is 5.81. The number of morpholine rings is 1. The number of hydrogen-bond donors (Lipinski definition) is 0. The van der Waals surface area contributed by atoms with E-state index in [-0.39, 0.29) is 5.91 Å². The lowest BCUT2D eigenvalue weighted by atomic mass is 10.3. The van der Waals surface area contributed by atoms with E-state index in [1.807, 2.05) is 6.20 Å². The van der Waals surface area contributed by atoms with Crippen LogP contribution in [0.25, 0.3) is 0 Å². The molecule has 0 unspecified atom stereocenters. The van der Waals surface area contributed by atoms with Crippen molar-refractivity contribution >= 4 is 23.6 Å². The van der Waals surface area contributed by atoms with Gasteiger partial charge in [0.2, 0.25) is 11.9 Å². The van der Waals surface area contributed by atoms with Crippen molar-refractivity contribution in [2.45, 2.75) is 18.2 Å². The van der Waals surface area contributed by atoms with Crippen LogP contribution in [0.4, 0.5) is 5.95 Å². The molecule has 0 aromatic carbocycles. The molecule has 4 heterocycles. The maximum atomic E-state index is 12.4. The van der Waals surface area contributed by atoms with Gasteiger partial charge in [-0.25, -0.2) is 19.9 Å². The number of ether oxygens (including phenoxy) is 1. The average Bonchev–Trinajstić information content (AvgIpc) is 3.11. The molecule has 0 atom stereocenters. The number of carbonyl (C=O) groups is 1. The van der Waals surface area contributed by atoms with Gasteiger partial charge in [0.25, 0.3) is 0 Å². The molecule has 1 amide bonds. The minimum absolute atomic E-state index is 0.0587. The number of fused-ring (bicyclic) bond motifs is 1. The second-order valence-corrected chi connectivity index (χ2v) is 6.75. The van der Waals surface area contributed by atoms with Crippen LogP contribution < -0.4 is 4.90 Å². The second kappa shape index (κ2) is 7.32. The van der Waals surface area contributed by atoms with Gasteiger partial charge in [0.1, 0.15) is 0 Å². The Hall–Kier alpha value is -2.26. The van der Waals surface area contributed by atoms with Gasteiger partial charge in [0.05, 0.1) is 31.2 Å². The average molecular weight is 358 g/mol. The van der Waals surface area contributed by atoms with Gasteiger partial charge < -0.3 is 14.5 Å². The number of thioether (sulfide) groups is 1. The summed E-state index contributed by atoms with van der Waals surface area (Å²) in [5.41, 5.74) is 1.96. The van der Waals surface area contributed by atoms with E-state index in [0.717, 1.165) is 30.3 Å². The van der Waals surface area contributed by atoms with Gasteiger partial charge >= 0.3 is 0 Å². The highest BCUT2D eigenvalue weighted by Crippen LogP contribution is 2.24. The fourth-order valence-electron chi connectivity index (χ4n) is 2.81. The van der Waals surface area contributed by atoms with Crippen LogP contribution in [0.15, 0.2) is 29.8 Å². The Balaban J connectivity index is 1.38. The van der Waals surface area contributed by atoms with Gasteiger partial charge in [0.15, 0.2) is 5.16 Å².